The number of hydrogen-bond acceptors (Lipinski definition) is 9. The van der Waals surface area contributed by atoms with Gasteiger partial charge in [-0.3, -0.25) is 0 Å². The third-order valence-corrected chi connectivity index (χ3v) is 26.7. The molecule has 0 bridgehead atoms. The lowest BCUT2D eigenvalue weighted by Crippen LogP contribution is -2.36. The predicted octanol–water partition coefficient (Wildman–Crippen LogP) is 37.2. The van der Waals surface area contributed by atoms with Crippen molar-refractivity contribution in [3.8, 4) is 101 Å². The van der Waals surface area contributed by atoms with Gasteiger partial charge in [-0.25, -0.2) is 0 Å². The first-order valence-corrected chi connectivity index (χ1v) is 53.8. The summed E-state index contributed by atoms with van der Waals surface area (Å²) >= 11 is 0. The monoisotopic (exact) mass is 1800 g/mol. The summed E-state index contributed by atoms with van der Waals surface area (Å²) in [5, 5.41) is 0. The van der Waals surface area contributed by atoms with E-state index in [4.69, 9.17) is 42.6 Å². The second kappa shape index (κ2) is 67.8. The van der Waals surface area contributed by atoms with Gasteiger partial charge in [0.2, 0.25) is 0 Å². The van der Waals surface area contributed by atoms with Gasteiger partial charge >= 0.3 is 0 Å². The molecule has 722 valence electrons. The van der Waals surface area contributed by atoms with Crippen LogP contribution in [-0.2, 0) is 34.0 Å². The summed E-state index contributed by atoms with van der Waals surface area (Å²) in [7, 11) is 0. The van der Waals surface area contributed by atoms with Crippen LogP contribution in [0.1, 0.15) is 380 Å². The minimum absolute atomic E-state index is 0.365. The lowest BCUT2D eigenvalue weighted by Gasteiger charge is -2.32. The fourth-order valence-corrected chi connectivity index (χ4v) is 18.1. The molecule has 9 aromatic rings. The first-order chi connectivity index (χ1) is 65.2. The van der Waals surface area contributed by atoms with Crippen LogP contribution in [0.3, 0.4) is 0 Å². The average Bonchev–Trinajstić information content (AvgIpc) is 0.812. The lowest BCUT2D eigenvalue weighted by atomic mass is 9.87. The van der Waals surface area contributed by atoms with Crippen molar-refractivity contribution in [2.45, 2.75) is 383 Å². The molecule has 0 atom stereocenters. The highest BCUT2D eigenvalue weighted by atomic mass is 16.5. The first-order valence-electron chi connectivity index (χ1n) is 53.8. The van der Waals surface area contributed by atoms with Crippen molar-refractivity contribution in [3.63, 3.8) is 0 Å². The number of benzene rings is 9. The van der Waals surface area contributed by atoms with E-state index in [1.807, 2.05) is 0 Å². The van der Waals surface area contributed by atoms with Gasteiger partial charge in [-0.15, -0.1) is 0 Å². The number of rotatable bonds is 79. The largest absolute Gasteiger partial charge is 0.494 e. The van der Waals surface area contributed by atoms with E-state index in [-0.39, 0.29) is 0 Å². The number of hydrogen-bond donors (Lipinski definition) is 0. The molecule has 0 aliphatic carbocycles. The van der Waals surface area contributed by atoms with Crippen LogP contribution < -0.4 is 28.4 Å². The summed E-state index contributed by atoms with van der Waals surface area (Å²) in [6, 6.07) is 72.9. The summed E-state index contributed by atoms with van der Waals surface area (Å²) < 4.78 is 60.5. The molecule has 0 fully saturated rings. The molecule has 0 amide bonds. The Balaban J connectivity index is 1.01. The Labute approximate surface area is 803 Å². The van der Waals surface area contributed by atoms with Crippen molar-refractivity contribution in [2.24, 2.45) is 5.41 Å². The van der Waals surface area contributed by atoms with E-state index < -0.39 is 5.41 Å². The minimum Gasteiger partial charge on any atom is -0.494 e. The van der Waals surface area contributed by atoms with Gasteiger partial charge in [0.25, 0.3) is 0 Å². The van der Waals surface area contributed by atoms with Crippen LogP contribution >= 0.6 is 0 Å². The Morgan fingerprint density at radius 3 is 0.500 bits per heavy atom. The predicted molar refractivity (Wildman–Crippen MR) is 562 cm³/mol. The highest BCUT2D eigenvalue weighted by Gasteiger charge is 2.31. The highest BCUT2D eigenvalue weighted by molar-refractivity contribution is 5.77. The summed E-state index contributed by atoms with van der Waals surface area (Å²) in [4.78, 5) is 0. The summed E-state index contributed by atoms with van der Waals surface area (Å²) in [6.07, 6.45) is 61.6. The van der Waals surface area contributed by atoms with Gasteiger partial charge in [0.15, 0.2) is 0 Å². The van der Waals surface area contributed by atoms with E-state index in [1.165, 1.54) is 270 Å². The Bertz CT molecular complexity index is 3920. The zero-order valence-electron chi connectivity index (χ0n) is 83.9. The fourth-order valence-electron chi connectivity index (χ4n) is 18.1. The van der Waals surface area contributed by atoms with Crippen molar-refractivity contribution in [3.05, 3.63) is 217 Å². The SMILES string of the molecule is CCCCCCCCCCOc1ccc(-c2ccc(-c3ccc(OCCCCCCCCCC)cc3)c(COCC(CC)(COCc3cc(-c4ccc(OCCCCCCCCCC)cc4)ccc3-c3ccc(OCCCCCCCCCC)cc3)COCc3cc(-c4ccc(OCCCCCCCCCC)cc4)ccc3-c3ccc(OCCCCCCCCCC)cc3)c2)cc1. The van der Waals surface area contributed by atoms with Crippen LogP contribution in [0, 0.1) is 5.41 Å². The van der Waals surface area contributed by atoms with Gasteiger partial charge in [-0.05, 0) is 219 Å². The van der Waals surface area contributed by atoms with Gasteiger partial charge < -0.3 is 42.6 Å². The van der Waals surface area contributed by atoms with Crippen molar-refractivity contribution in [2.75, 3.05) is 59.5 Å². The standard InChI is InChI=1S/C123H176O9/c1-8-15-21-27-33-39-45-51-87-127-114-72-57-102(58-73-114)108-69-84-120(105-63-78-117(79-64-105)130-90-54-48-42-36-30-24-18-11-4)111(93-108)96-124-99-123(14-7,100-125-97-112-94-109(103-59-74-115(75-60-103)128-88-52-46-40-34-28-22-16-9-2)70-85-121(112)106-65-80-118(81-66-106)131-91-55-49-43-37-31-25-19-12-5)101-126-98-113-95-110(104-61-76-116(77-62-104)129-89-53-47-41-35-29-23-17-10-3)71-86-122(113)107-67-82-119(83-68-107)132-92-56-50-44-38-32-26-20-13-6/h57-86,93-95H,8-56,87-92,96-101H2,1-7H3. The molecule has 0 spiro atoms. The van der Waals surface area contributed by atoms with Crippen LogP contribution in [0.2, 0.25) is 0 Å². The van der Waals surface area contributed by atoms with Crippen LogP contribution in [0.25, 0.3) is 66.8 Å². The first kappa shape index (κ1) is 107. The Kier molecular flexibility index (Phi) is 55.1. The summed E-state index contributed by atoms with van der Waals surface area (Å²) in [5.41, 5.74) is 16.2. The van der Waals surface area contributed by atoms with Gasteiger partial charge in [0.05, 0.1) is 79.3 Å². The molecule has 0 saturated carbocycles. The molecule has 0 aliphatic heterocycles. The Morgan fingerprint density at radius 2 is 0.326 bits per heavy atom. The second-order valence-electron chi connectivity index (χ2n) is 38.0. The molecule has 9 nitrogen and oxygen atoms in total. The molecule has 0 aliphatic rings. The van der Waals surface area contributed by atoms with E-state index in [2.05, 4.69) is 249 Å². The fraction of sp³-hybridized carbons (Fsp3) is 0.561. The summed E-state index contributed by atoms with van der Waals surface area (Å²) in [6.45, 7) is 22.6. The summed E-state index contributed by atoms with van der Waals surface area (Å²) in [5.74, 6) is 5.43. The molecular formula is C123H176O9. The number of unbranched alkanes of at least 4 members (excludes halogenated alkanes) is 42. The van der Waals surface area contributed by atoms with E-state index in [0.29, 0.717) is 39.6 Å². The van der Waals surface area contributed by atoms with Crippen molar-refractivity contribution >= 4 is 0 Å². The molecular weight excluding hydrogens is 1620 g/mol. The highest BCUT2D eigenvalue weighted by Crippen LogP contribution is 2.39. The van der Waals surface area contributed by atoms with E-state index >= 15 is 0 Å². The Morgan fingerprint density at radius 1 is 0.167 bits per heavy atom. The smallest absolute Gasteiger partial charge is 0.119 e. The van der Waals surface area contributed by atoms with Crippen LogP contribution in [0.5, 0.6) is 34.5 Å². The molecule has 9 rings (SSSR count). The van der Waals surface area contributed by atoms with Gasteiger partial charge in [0, 0.05) is 5.41 Å². The third-order valence-electron chi connectivity index (χ3n) is 26.7. The van der Waals surface area contributed by atoms with Crippen molar-refractivity contribution < 1.29 is 42.6 Å². The van der Waals surface area contributed by atoms with Gasteiger partial charge in [0.1, 0.15) is 34.5 Å². The Hall–Kier alpha value is -8.34. The molecule has 132 heavy (non-hydrogen) atoms. The van der Waals surface area contributed by atoms with Crippen LogP contribution in [-0.4, -0.2) is 59.5 Å². The molecule has 0 unspecified atom stereocenters. The molecule has 0 heterocycles. The molecule has 0 radical (unpaired) electrons. The maximum Gasteiger partial charge on any atom is 0.119 e. The lowest BCUT2D eigenvalue weighted by molar-refractivity contribution is -0.0816. The zero-order chi connectivity index (χ0) is 92.5. The minimum atomic E-state index is -0.594. The quantitative estimate of drug-likeness (QED) is 0.0346. The molecule has 0 saturated heterocycles. The maximum absolute atomic E-state index is 7.37. The topological polar surface area (TPSA) is 83.1 Å². The van der Waals surface area contributed by atoms with Crippen molar-refractivity contribution in [1.82, 2.24) is 0 Å². The van der Waals surface area contributed by atoms with Crippen LogP contribution in [0.15, 0.2) is 200 Å². The van der Waals surface area contributed by atoms with E-state index in [9.17, 15) is 0 Å². The maximum atomic E-state index is 7.37. The molecule has 9 aromatic carbocycles. The normalized spacial score (nSPS) is 11.6. The second-order valence-corrected chi connectivity index (χ2v) is 38.0. The zero-order valence-corrected chi connectivity index (χ0v) is 83.9. The van der Waals surface area contributed by atoms with Gasteiger partial charge in [-0.1, -0.05) is 427 Å². The average molecular weight is 1800 g/mol. The van der Waals surface area contributed by atoms with Crippen LogP contribution in [0.4, 0.5) is 0 Å². The molecule has 0 aromatic heterocycles. The van der Waals surface area contributed by atoms with Gasteiger partial charge in [-0.2, -0.15) is 0 Å². The van der Waals surface area contributed by atoms with E-state index in [0.717, 1.165) is 203 Å². The third kappa shape index (κ3) is 42.3. The molecule has 0 N–H and O–H groups in total. The molecule has 9 heteroatoms. The van der Waals surface area contributed by atoms with E-state index in [1.54, 1.807) is 0 Å². The van der Waals surface area contributed by atoms with Crippen molar-refractivity contribution in [1.29, 1.82) is 0 Å². The number of ether oxygens (including phenoxy) is 9.